The van der Waals surface area contributed by atoms with Crippen LogP contribution in [0.1, 0.15) is 19.8 Å². The lowest BCUT2D eigenvalue weighted by atomic mass is 10.2. The maximum Gasteiger partial charge on any atom is 0.186 e. The summed E-state index contributed by atoms with van der Waals surface area (Å²) in [6.07, 6.45) is 1.11. The van der Waals surface area contributed by atoms with E-state index in [9.17, 15) is 9.90 Å². The van der Waals surface area contributed by atoms with E-state index in [1.165, 1.54) is 0 Å². The van der Waals surface area contributed by atoms with E-state index in [1.807, 2.05) is 6.92 Å². The first kappa shape index (κ1) is 9.74. The van der Waals surface area contributed by atoms with Gasteiger partial charge in [-0.15, -0.1) is 0 Å². The molecule has 1 atom stereocenters. The predicted octanol–water partition coefficient (Wildman–Crippen LogP) is -1.82. The van der Waals surface area contributed by atoms with Crippen LogP contribution in [0.4, 0.5) is 0 Å². The first-order valence-corrected chi connectivity index (χ1v) is 3.37. The fraction of sp³-hybridized carbons (Fsp3) is 0.667. The molecule has 0 aliphatic carbocycles. The van der Waals surface area contributed by atoms with Crippen molar-refractivity contribution < 1.29 is 9.90 Å². The molecule has 0 aromatic carbocycles. The Kier molecular flexibility index (Phi) is 4.02. The Bertz CT molecular complexity index is 163. The molecule has 1 unspecified atom stereocenters. The van der Waals surface area contributed by atoms with Gasteiger partial charge in [-0.25, -0.2) is 4.99 Å². The fourth-order valence-corrected chi connectivity index (χ4v) is 0.688. The molecule has 5 heteroatoms. The highest BCUT2D eigenvalue weighted by atomic mass is 16.4. The van der Waals surface area contributed by atoms with Gasteiger partial charge in [0, 0.05) is 0 Å². The van der Waals surface area contributed by atoms with Crippen molar-refractivity contribution in [2.75, 3.05) is 0 Å². The topological polar surface area (TPSA) is 105 Å². The Balaban J connectivity index is 4.11. The number of aliphatic imine (C=N–C) groups is 1. The van der Waals surface area contributed by atoms with Crippen LogP contribution in [0.2, 0.25) is 0 Å². The molecular weight excluding hydrogens is 146 g/mol. The molecule has 0 aromatic rings. The smallest absolute Gasteiger partial charge is 0.186 e. The van der Waals surface area contributed by atoms with Crippen LogP contribution in [-0.4, -0.2) is 18.0 Å². The lowest BCUT2D eigenvalue weighted by Crippen LogP contribution is -2.37. The van der Waals surface area contributed by atoms with E-state index in [1.54, 1.807) is 0 Å². The van der Waals surface area contributed by atoms with E-state index in [0.29, 0.717) is 12.8 Å². The minimum absolute atomic E-state index is 0.215. The maximum atomic E-state index is 10.3. The highest BCUT2D eigenvalue weighted by Gasteiger charge is 2.05. The first-order chi connectivity index (χ1) is 5.07. The molecule has 5 nitrogen and oxygen atoms in total. The third-order valence-electron chi connectivity index (χ3n) is 1.14. The van der Waals surface area contributed by atoms with Gasteiger partial charge >= 0.3 is 0 Å². The molecule has 0 spiro atoms. The molecule has 0 heterocycles. The zero-order valence-corrected chi connectivity index (χ0v) is 6.41. The standard InChI is InChI=1S/C6H13N3O2/c1-2-3-4(5(10)11)9-6(7)8/h4H,2-3H2,1H3,(H,10,11)(H4,7,8,9)/p-1. The molecule has 0 saturated heterocycles. The number of nitrogens with two attached hydrogens (primary N) is 2. The summed E-state index contributed by atoms with van der Waals surface area (Å²) in [7, 11) is 0. The van der Waals surface area contributed by atoms with E-state index in [0.717, 1.165) is 0 Å². The average molecular weight is 158 g/mol. The molecule has 0 aliphatic rings. The van der Waals surface area contributed by atoms with Crippen LogP contribution >= 0.6 is 0 Å². The Labute approximate surface area is 65.1 Å². The van der Waals surface area contributed by atoms with Crippen LogP contribution in [0, 0.1) is 0 Å². The lowest BCUT2D eigenvalue weighted by Gasteiger charge is -2.11. The summed E-state index contributed by atoms with van der Waals surface area (Å²) in [4.78, 5) is 13.8. The summed E-state index contributed by atoms with van der Waals surface area (Å²) in [5.74, 6) is -1.45. The molecule has 0 saturated carbocycles. The summed E-state index contributed by atoms with van der Waals surface area (Å²) in [5.41, 5.74) is 10.00. The SMILES string of the molecule is CCCC(N=C(N)N)C(=O)[O-]. The Morgan fingerprint density at radius 3 is 2.45 bits per heavy atom. The summed E-state index contributed by atoms with van der Waals surface area (Å²) in [6, 6.07) is -0.898. The number of hydrogen-bond acceptors (Lipinski definition) is 3. The van der Waals surface area contributed by atoms with E-state index in [-0.39, 0.29) is 5.96 Å². The molecular formula is C6H12N3O2-. The van der Waals surface area contributed by atoms with Crippen molar-refractivity contribution in [3.8, 4) is 0 Å². The van der Waals surface area contributed by atoms with Crippen LogP contribution in [0.3, 0.4) is 0 Å². The number of rotatable bonds is 4. The summed E-state index contributed by atoms with van der Waals surface area (Å²) in [6.45, 7) is 1.85. The van der Waals surface area contributed by atoms with Crippen LogP contribution in [0.5, 0.6) is 0 Å². The molecule has 11 heavy (non-hydrogen) atoms. The number of aliphatic carboxylic acids is 1. The van der Waals surface area contributed by atoms with Crippen molar-refractivity contribution in [2.45, 2.75) is 25.8 Å². The zero-order chi connectivity index (χ0) is 8.85. The second-order valence-corrected chi connectivity index (χ2v) is 2.18. The largest absolute Gasteiger partial charge is 0.548 e. The normalized spacial score (nSPS) is 12.1. The van der Waals surface area contributed by atoms with Crippen molar-refractivity contribution in [1.82, 2.24) is 0 Å². The molecule has 0 fully saturated rings. The summed E-state index contributed by atoms with van der Waals surface area (Å²) >= 11 is 0. The quantitative estimate of drug-likeness (QED) is 0.371. The number of guanidine groups is 1. The molecule has 64 valence electrons. The van der Waals surface area contributed by atoms with Crippen LogP contribution in [0.25, 0.3) is 0 Å². The van der Waals surface area contributed by atoms with Gasteiger partial charge in [-0.3, -0.25) is 0 Å². The Morgan fingerprint density at radius 1 is 1.64 bits per heavy atom. The van der Waals surface area contributed by atoms with Gasteiger partial charge in [0.25, 0.3) is 0 Å². The van der Waals surface area contributed by atoms with Gasteiger partial charge in [0.15, 0.2) is 5.96 Å². The number of nitrogens with zero attached hydrogens (tertiary/aromatic N) is 1. The molecule has 0 aromatic heterocycles. The van der Waals surface area contributed by atoms with Gasteiger partial charge < -0.3 is 21.4 Å². The third kappa shape index (κ3) is 4.19. The lowest BCUT2D eigenvalue weighted by molar-refractivity contribution is -0.307. The van der Waals surface area contributed by atoms with E-state index >= 15 is 0 Å². The molecule has 0 rings (SSSR count). The van der Waals surface area contributed by atoms with Crippen LogP contribution in [0.15, 0.2) is 4.99 Å². The van der Waals surface area contributed by atoms with Crippen molar-refractivity contribution in [1.29, 1.82) is 0 Å². The average Bonchev–Trinajstić information content (AvgIpc) is 1.86. The van der Waals surface area contributed by atoms with E-state index < -0.39 is 12.0 Å². The molecule has 0 bridgehead atoms. The minimum atomic E-state index is -1.24. The first-order valence-electron chi connectivity index (χ1n) is 3.37. The zero-order valence-electron chi connectivity index (χ0n) is 6.41. The van der Waals surface area contributed by atoms with Gasteiger partial charge in [-0.1, -0.05) is 13.3 Å². The monoisotopic (exact) mass is 158 g/mol. The van der Waals surface area contributed by atoms with Gasteiger partial charge in [0.1, 0.15) is 0 Å². The second kappa shape index (κ2) is 4.54. The van der Waals surface area contributed by atoms with Gasteiger partial charge in [0.05, 0.1) is 12.0 Å². The van der Waals surface area contributed by atoms with Gasteiger partial charge in [-0.2, -0.15) is 0 Å². The number of carbonyl (C=O) groups excluding carboxylic acids is 1. The van der Waals surface area contributed by atoms with Crippen LogP contribution < -0.4 is 16.6 Å². The van der Waals surface area contributed by atoms with Gasteiger partial charge in [-0.05, 0) is 6.42 Å². The van der Waals surface area contributed by atoms with Gasteiger partial charge in [0.2, 0.25) is 0 Å². The Hall–Kier alpha value is -1.26. The number of carboxylic acid groups (broad SMARTS) is 1. The van der Waals surface area contributed by atoms with E-state index in [4.69, 9.17) is 11.5 Å². The fourth-order valence-electron chi connectivity index (χ4n) is 0.688. The molecule has 0 aliphatic heterocycles. The van der Waals surface area contributed by atoms with Crippen molar-refractivity contribution in [2.24, 2.45) is 16.5 Å². The van der Waals surface area contributed by atoms with Crippen molar-refractivity contribution in [3.05, 3.63) is 0 Å². The summed E-state index contributed by atoms with van der Waals surface area (Å²) < 4.78 is 0. The third-order valence-corrected chi connectivity index (χ3v) is 1.14. The Morgan fingerprint density at radius 2 is 2.18 bits per heavy atom. The van der Waals surface area contributed by atoms with Crippen molar-refractivity contribution >= 4 is 11.9 Å². The molecule has 0 amide bonds. The highest BCUT2D eigenvalue weighted by Crippen LogP contribution is 1.99. The second-order valence-electron chi connectivity index (χ2n) is 2.18. The number of carbonyl (C=O) groups is 1. The number of hydrogen-bond donors (Lipinski definition) is 2. The van der Waals surface area contributed by atoms with Crippen LogP contribution in [-0.2, 0) is 4.79 Å². The number of carboxylic acids is 1. The predicted molar refractivity (Wildman–Crippen MR) is 39.5 cm³/mol. The molecule has 0 radical (unpaired) electrons. The van der Waals surface area contributed by atoms with Crippen molar-refractivity contribution in [3.63, 3.8) is 0 Å². The van der Waals surface area contributed by atoms with E-state index in [2.05, 4.69) is 4.99 Å². The molecule has 4 N–H and O–H groups in total. The summed E-state index contributed by atoms with van der Waals surface area (Å²) in [5, 5.41) is 10.3. The maximum absolute atomic E-state index is 10.3. The minimum Gasteiger partial charge on any atom is -0.548 e. The highest BCUT2D eigenvalue weighted by molar-refractivity contribution is 5.80.